The van der Waals surface area contributed by atoms with E-state index in [1.807, 2.05) is 36.1 Å². The van der Waals surface area contributed by atoms with Crippen molar-refractivity contribution in [2.45, 2.75) is 33.6 Å². The molecule has 1 aromatic rings. The van der Waals surface area contributed by atoms with Gasteiger partial charge >= 0.3 is 0 Å². The molecule has 0 unspecified atom stereocenters. The van der Waals surface area contributed by atoms with Gasteiger partial charge in [0.05, 0.1) is 0 Å². The Morgan fingerprint density at radius 3 is 2.53 bits per heavy atom. The zero-order valence-corrected chi connectivity index (χ0v) is 9.79. The van der Waals surface area contributed by atoms with Crippen LogP contribution >= 0.6 is 0 Å². The molecule has 0 aliphatic rings. The number of anilines is 1. The number of unbranched alkanes of at least 4 members (excludes halogenated alkanes) is 1. The van der Waals surface area contributed by atoms with E-state index in [2.05, 4.69) is 6.92 Å². The second kappa shape index (κ2) is 5.54. The predicted molar refractivity (Wildman–Crippen MR) is 64.1 cm³/mol. The minimum Gasteiger partial charge on any atom is -0.312 e. The second-order valence-electron chi connectivity index (χ2n) is 3.81. The summed E-state index contributed by atoms with van der Waals surface area (Å²) in [4.78, 5) is 13.4. The summed E-state index contributed by atoms with van der Waals surface area (Å²) in [5, 5.41) is 0. The molecular formula is C13H19NO. The van der Waals surface area contributed by atoms with Crippen LogP contribution in [0.25, 0.3) is 0 Å². The summed E-state index contributed by atoms with van der Waals surface area (Å²) in [6, 6.07) is 8.02. The van der Waals surface area contributed by atoms with E-state index in [1.54, 1.807) is 6.92 Å². The minimum absolute atomic E-state index is 0.123. The highest BCUT2D eigenvalue weighted by Crippen LogP contribution is 2.19. The van der Waals surface area contributed by atoms with E-state index in [0.29, 0.717) is 0 Å². The van der Waals surface area contributed by atoms with Crippen molar-refractivity contribution < 1.29 is 4.79 Å². The number of para-hydroxylation sites is 1. The number of carbonyl (C=O) groups excluding carboxylic acids is 1. The lowest BCUT2D eigenvalue weighted by atomic mass is 10.1. The fourth-order valence-electron chi connectivity index (χ4n) is 1.63. The van der Waals surface area contributed by atoms with Crippen LogP contribution in [0.1, 0.15) is 32.3 Å². The molecule has 1 aromatic carbocycles. The Balaban J connectivity index is 2.89. The summed E-state index contributed by atoms with van der Waals surface area (Å²) in [6.07, 6.45) is 2.16. The van der Waals surface area contributed by atoms with E-state index in [-0.39, 0.29) is 5.91 Å². The fraction of sp³-hybridized carbons (Fsp3) is 0.462. The van der Waals surface area contributed by atoms with Gasteiger partial charge in [-0.05, 0) is 25.0 Å². The van der Waals surface area contributed by atoms with Gasteiger partial charge in [-0.1, -0.05) is 31.5 Å². The summed E-state index contributed by atoms with van der Waals surface area (Å²) in [5.41, 5.74) is 2.20. The average molecular weight is 205 g/mol. The SMILES string of the molecule is CCCCN(C(C)=O)c1ccccc1C. The molecule has 0 fully saturated rings. The molecular weight excluding hydrogens is 186 g/mol. The van der Waals surface area contributed by atoms with Gasteiger partial charge in [-0.3, -0.25) is 4.79 Å². The molecule has 0 spiro atoms. The first-order valence-electron chi connectivity index (χ1n) is 5.50. The molecule has 15 heavy (non-hydrogen) atoms. The Morgan fingerprint density at radius 2 is 2.00 bits per heavy atom. The first kappa shape index (κ1) is 11.8. The molecule has 0 atom stereocenters. The van der Waals surface area contributed by atoms with Crippen LogP contribution in [-0.4, -0.2) is 12.5 Å². The molecule has 0 heterocycles. The minimum atomic E-state index is 0.123. The molecule has 0 saturated heterocycles. The van der Waals surface area contributed by atoms with Gasteiger partial charge in [-0.25, -0.2) is 0 Å². The molecule has 2 nitrogen and oxygen atoms in total. The number of hydrogen-bond donors (Lipinski definition) is 0. The maximum Gasteiger partial charge on any atom is 0.223 e. The van der Waals surface area contributed by atoms with Crippen LogP contribution in [0.5, 0.6) is 0 Å². The molecule has 0 aliphatic heterocycles. The highest BCUT2D eigenvalue weighted by molar-refractivity contribution is 5.92. The van der Waals surface area contributed by atoms with Crippen molar-refractivity contribution in [2.75, 3.05) is 11.4 Å². The van der Waals surface area contributed by atoms with Crippen LogP contribution in [0.15, 0.2) is 24.3 Å². The van der Waals surface area contributed by atoms with Gasteiger partial charge in [0.1, 0.15) is 0 Å². The number of benzene rings is 1. The molecule has 82 valence electrons. The van der Waals surface area contributed by atoms with Crippen LogP contribution in [-0.2, 0) is 4.79 Å². The maximum atomic E-state index is 11.5. The van der Waals surface area contributed by atoms with Gasteiger partial charge in [0.15, 0.2) is 0 Å². The zero-order valence-electron chi connectivity index (χ0n) is 9.79. The maximum absolute atomic E-state index is 11.5. The Labute approximate surface area is 91.9 Å². The van der Waals surface area contributed by atoms with Gasteiger partial charge in [0.25, 0.3) is 0 Å². The highest BCUT2D eigenvalue weighted by atomic mass is 16.2. The molecule has 0 aliphatic carbocycles. The Bertz CT molecular complexity index is 333. The van der Waals surface area contributed by atoms with Crippen molar-refractivity contribution in [1.29, 1.82) is 0 Å². The number of nitrogens with zero attached hydrogens (tertiary/aromatic N) is 1. The molecule has 0 saturated carbocycles. The van der Waals surface area contributed by atoms with Gasteiger partial charge < -0.3 is 4.90 Å². The van der Waals surface area contributed by atoms with E-state index < -0.39 is 0 Å². The third kappa shape index (κ3) is 3.08. The van der Waals surface area contributed by atoms with Crippen molar-refractivity contribution in [2.24, 2.45) is 0 Å². The van der Waals surface area contributed by atoms with Crippen molar-refractivity contribution in [3.8, 4) is 0 Å². The van der Waals surface area contributed by atoms with E-state index in [1.165, 1.54) is 0 Å². The summed E-state index contributed by atoms with van der Waals surface area (Å²) < 4.78 is 0. The third-order valence-corrected chi connectivity index (χ3v) is 2.52. The first-order valence-corrected chi connectivity index (χ1v) is 5.50. The van der Waals surface area contributed by atoms with E-state index >= 15 is 0 Å². The number of carbonyl (C=O) groups is 1. The predicted octanol–water partition coefficient (Wildman–Crippen LogP) is 3.15. The molecule has 1 amide bonds. The van der Waals surface area contributed by atoms with E-state index in [0.717, 1.165) is 30.6 Å². The zero-order chi connectivity index (χ0) is 11.3. The third-order valence-electron chi connectivity index (χ3n) is 2.52. The average Bonchev–Trinajstić information content (AvgIpc) is 2.20. The lowest BCUT2D eigenvalue weighted by Gasteiger charge is -2.22. The number of aryl methyl sites for hydroxylation is 1. The molecule has 0 bridgehead atoms. The van der Waals surface area contributed by atoms with Crippen LogP contribution in [0, 0.1) is 6.92 Å². The van der Waals surface area contributed by atoms with Gasteiger partial charge in [0, 0.05) is 19.2 Å². The smallest absolute Gasteiger partial charge is 0.223 e. The lowest BCUT2D eigenvalue weighted by molar-refractivity contribution is -0.116. The monoisotopic (exact) mass is 205 g/mol. The number of hydrogen-bond acceptors (Lipinski definition) is 1. The van der Waals surface area contributed by atoms with Crippen LogP contribution in [0.2, 0.25) is 0 Å². The summed E-state index contributed by atoms with van der Waals surface area (Å²) in [6.45, 7) is 6.62. The standard InChI is InChI=1S/C13H19NO/c1-4-5-10-14(12(3)15)13-9-7-6-8-11(13)2/h6-9H,4-5,10H2,1-3H3. The number of rotatable bonds is 4. The second-order valence-corrected chi connectivity index (χ2v) is 3.81. The van der Waals surface area contributed by atoms with Crippen molar-refractivity contribution in [3.05, 3.63) is 29.8 Å². The molecule has 2 heteroatoms. The largest absolute Gasteiger partial charge is 0.312 e. The lowest BCUT2D eigenvalue weighted by Crippen LogP contribution is -2.30. The van der Waals surface area contributed by atoms with E-state index in [4.69, 9.17) is 0 Å². The molecule has 0 radical (unpaired) electrons. The first-order chi connectivity index (χ1) is 7.16. The van der Waals surface area contributed by atoms with Crippen LogP contribution < -0.4 is 4.90 Å². The normalized spacial score (nSPS) is 10.1. The van der Waals surface area contributed by atoms with Crippen molar-refractivity contribution in [1.82, 2.24) is 0 Å². The van der Waals surface area contributed by atoms with Crippen molar-refractivity contribution >= 4 is 11.6 Å². The van der Waals surface area contributed by atoms with Gasteiger partial charge in [-0.15, -0.1) is 0 Å². The molecule has 1 rings (SSSR count). The van der Waals surface area contributed by atoms with Crippen LogP contribution in [0.3, 0.4) is 0 Å². The molecule has 0 aromatic heterocycles. The van der Waals surface area contributed by atoms with Crippen LogP contribution in [0.4, 0.5) is 5.69 Å². The fourth-order valence-corrected chi connectivity index (χ4v) is 1.63. The van der Waals surface area contributed by atoms with Crippen molar-refractivity contribution in [3.63, 3.8) is 0 Å². The van der Waals surface area contributed by atoms with Gasteiger partial charge in [-0.2, -0.15) is 0 Å². The topological polar surface area (TPSA) is 20.3 Å². The summed E-state index contributed by atoms with van der Waals surface area (Å²) in [7, 11) is 0. The van der Waals surface area contributed by atoms with Gasteiger partial charge in [0.2, 0.25) is 5.91 Å². The number of amides is 1. The summed E-state index contributed by atoms with van der Waals surface area (Å²) >= 11 is 0. The summed E-state index contributed by atoms with van der Waals surface area (Å²) in [5.74, 6) is 0.123. The Hall–Kier alpha value is -1.31. The highest BCUT2D eigenvalue weighted by Gasteiger charge is 2.11. The molecule has 0 N–H and O–H groups in total. The van der Waals surface area contributed by atoms with E-state index in [9.17, 15) is 4.79 Å². The quantitative estimate of drug-likeness (QED) is 0.739. The Morgan fingerprint density at radius 1 is 1.33 bits per heavy atom. The Kier molecular flexibility index (Phi) is 4.35.